The molecule has 0 unspecified atom stereocenters. The van der Waals surface area contributed by atoms with E-state index in [1.54, 1.807) is 35.7 Å². The zero-order valence-corrected chi connectivity index (χ0v) is 22.4. The van der Waals surface area contributed by atoms with Crippen LogP contribution in [0.2, 0.25) is 0 Å². The highest BCUT2D eigenvalue weighted by Crippen LogP contribution is 2.39. The fourth-order valence-electron chi connectivity index (χ4n) is 3.91. The lowest BCUT2D eigenvalue weighted by Crippen LogP contribution is -2.32. The Morgan fingerprint density at radius 2 is 1.74 bits per heavy atom. The first-order chi connectivity index (χ1) is 16.5. The van der Waals surface area contributed by atoms with Gasteiger partial charge in [0.15, 0.2) is 0 Å². The third-order valence-electron chi connectivity index (χ3n) is 5.49. The largest absolute Gasteiger partial charge is 0.465 e. The van der Waals surface area contributed by atoms with E-state index in [4.69, 9.17) is 5.11 Å². The fraction of sp³-hybridized carbons (Fsp3) is 0.444. The van der Waals surface area contributed by atoms with E-state index in [2.05, 4.69) is 27.7 Å². The number of nitrogens with zero attached hydrogens (tertiary/aromatic N) is 3. The van der Waals surface area contributed by atoms with Crippen molar-refractivity contribution in [1.82, 2.24) is 0 Å². The number of rotatable bonds is 10. The van der Waals surface area contributed by atoms with E-state index in [-0.39, 0.29) is 21.7 Å². The number of hydrogen-bond donors (Lipinski definition) is 2. The van der Waals surface area contributed by atoms with Crippen LogP contribution < -0.4 is 4.90 Å². The number of aliphatic hydroxyl groups excluding tert-OH is 1. The molecule has 0 spiro atoms. The Balaban J connectivity index is 2.11. The first-order valence-electron chi connectivity index (χ1n) is 11.4. The average molecular weight is 512 g/mol. The summed E-state index contributed by atoms with van der Waals surface area (Å²) in [6, 6.07) is 11.4. The summed E-state index contributed by atoms with van der Waals surface area (Å²) in [7, 11) is 0. The van der Waals surface area contributed by atoms with E-state index in [9.17, 15) is 20.4 Å². The van der Waals surface area contributed by atoms with Gasteiger partial charge in [0.1, 0.15) is 17.7 Å². The topological polar surface area (TPSA) is 108 Å². The molecule has 35 heavy (non-hydrogen) atoms. The number of hydrogen-bond acceptors (Lipinski definition) is 6. The maximum absolute atomic E-state index is 11.8. The molecule has 186 valence electrons. The van der Waals surface area contributed by atoms with E-state index < -0.39 is 6.09 Å². The molecule has 0 saturated carbocycles. The summed E-state index contributed by atoms with van der Waals surface area (Å²) in [5, 5.41) is 37.2. The van der Waals surface area contributed by atoms with Gasteiger partial charge in [0.25, 0.3) is 0 Å². The van der Waals surface area contributed by atoms with Gasteiger partial charge < -0.3 is 10.2 Å². The zero-order valence-electron chi connectivity index (χ0n) is 20.7. The summed E-state index contributed by atoms with van der Waals surface area (Å²) in [6.45, 7) is 8.90. The third kappa shape index (κ3) is 9.14. The molecule has 0 aromatic heterocycles. The smallest absolute Gasteiger partial charge is 0.411 e. The van der Waals surface area contributed by atoms with E-state index in [0.717, 1.165) is 23.1 Å². The quantitative estimate of drug-likeness (QED) is 0.274. The van der Waals surface area contributed by atoms with Crippen molar-refractivity contribution in [1.29, 1.82) is 10.5 Å². The van der Waals surface area contributed by atoms with Gasteiger partial charge >= 0.3 is 6.09 Å². The lowest BCUT2D eigenvalue weighted by atomic mass is 9.74. The number of benzene rings is 1. The van der Waals surface area contributed by atoms with Crippen molar-refractivity contribution in [3.63, 3.8) is 0 Å². The molecular formula is C27H33N3O3S2. The van der Waals surface area contributed by atoms with E-state index in [1.165, 1.54) is 4.90 Å². The molecule has 0 heterocycles. The molecule has 1 aromatic rings. The Labute approximate surface area is 217 Å². The lowest BCUT2D eigenvalue weighted by molar-refractivity contribution is 0.202. The number of carboxylic acid groups (broad SMARTS) is 1. The summed E-state index contributed by atoms with van der Waals surface area (Å²) in [6.07, 6.45) is 6.44. The summed E-state index contributed by atoms with van der Waals surface area (Å²) in [5.74, 6) is 1.30. The van der Waals surface area contributed by atoms with Crippen LogP contribution in [-0.4, -0.2) is 45.0 Å². The summed E-state index contributed by atoms with van der Waals surface area (Å²) in [5.41, 5.74) is 3.49. The van der Waals surface area contributed by atoms with Gasteiger partial charge in [0, 0.05) is 23.7 Å². The van der Waals surface area contributed by atoms with E-state index in [1.807, 2.05) is 42.5 Å². The Bertz CT molecular complexity index is 1060. The Kier molecular flexibility index (Phi) is 10.5. The minimum atomic E-state index is -0.991. The maximum atomic E-state index is 11.8. The highest BCUT2D eigenvalue weighted by molar-refractivity contribution is 8.18. The molecule has 0 atom stereocenters. The van der Waals surface area contributed by atoms with Gasteiger partial charge in [-0.3, -0.25) is 4.90 Å². The predicted molar refractivity (Wildman–Crippen MR) is 146 cm³/mol. The van der Waals surface area contributed by atoms with Crippen LogP contribution in [0.5, 0.6) is 0 Å². The second kappa shape index (κ2) is 12.9. The van der Waals surface area contributed by atoms with Gasteiger partial charge in [-0.2, -0.15) is 10.5 Å². The molecule has 0 fully saturated rings. The minimum absolute atomic E-state index is 0.0439. The number of carbonyl (C=O) groups is 1. The monoisotopic (exact) mass is 511 g/mol. The highest BCUT2D eigenvalue weighted by atomic mass is 32.2. The van der Waals surface area contributed by atoms with Crippen molar-refractivity contribution in [2.24, 2.45) is 5.41 Å². The van der Waals surface area contributed by atoms with Crippen LogP contribution in [0.3, 0.4) is 0 Å². The number of aliphatic hydroxyl groups is 1. The van der Waals surface area contributed by atoms with Gasteiger partial charge in [0.2, 0.25) is 0 Å². The predicted octanol–water partition coefficient (Wildman–Crippen LogP) is 6.47. The number of nitriles is 2. The number of amides is 1. The zero-order chi connectivity index (χ0) is 26.1. The normalized spacial score (nSPS) is 15.3. The Morgan fingerprint density at radius 3 is 2.31 bits per heavy atom. The molecule has 2 N–H and O–H groups in total. The van der Waals surface area contributed by atoms with Crippen molar-refractivity contribution in [2.45, 2.75) is 44.6 Å². The van der Waals surface area contributed by atoms with Crippen molar-refractivity contribution >= 4 is 41.4 Å². The van der Waals surface area contributed by atoms with Crippen LogP contribution in [-0.2, 0) is 0 Å². The van der Waals surface area contributed by atoms with Crippen LogP contribution in [0.25, 0.3) is 6.08 Å². The minimum Gasteiger partial charge on any atom is -0.465 e. The first kappa shape index (κ1) is 28.6. The SMILES string of the molecule is CC1(C)CC(/C=C/c2ccc(N(CCSC(C)(C)SCCO)C(=O)O)cc2)=CC(=C(C#N)C#N)C1. The number of anilines is 1. The van der Waals surface area contributed by atoms with Crippen molar-refractivity contribution in [3.8, 4) is 12.1 Å². The molecule has 6 nitrogen and oxygen atoms in total. The molecule has 2 rings (SSSR count). The van der Waals surface area contributed by atoms with Gasteiger partial charge in [0.05, 0.1) is 10.7 Å². The summed E-state index contributed by atoms with van der Waals surface area (Å²) < 4.78 is -0.0970. The van der Waals surface area contributed by atoms with Gasteiger partial charge in [-0.25, -0.2) is 4.79 Å². The molecule has 1 aromatic carbocycles. The maximum Gasteiger partial charge on any atom is 0.411 e. The third-order valence-corrected chi connectivity index (χ3v) is 8.36. The molecule has 1 aliphatic rings. The molecule has 0 aliphatic heterocycles. The molecule has 8 heteroatoms. The molecule has 0 saturated heterocycles. The van der Waals surface area contributed by atoms with Crippen LogP contribution in [0.15, 0.2) is 53.1 Å². The molecule has 0 radical (unpaired) electrons. The van der Waals surface area contributed by atoms with Crippen LogP contribution in [0.1, 0.15) is 46.1 Å². The van der Waals surface area contributed by atoms with Crippen LogP contribution in [0.4, 0.5) is 10.5 Å². The standard InChI is InChI=1S/C27H33N3O3S2/c1-26(2)16-21(15-22(17-26)23(18-28)19-29)6-5-20-7-9-24(10-8-20)30(25(32)33)11-13-34-27(3,4)35-14-12-31/h5-10,15,31H,11-14,16-17H2,1-4H3,(H,32,33)/b6-5+. The summed E-state index contributed by atoms with van der Waals surface area (Å²) >= 11 is 3.33. The second-order valence-corrected chi connectivity index (χ2v) is 13.2. The summed E-state index contributed by atoms with van der Waals surface area (Å²) in [4.78, 5) is 13.2. The van der Waals surface area contributed by atoms with Crippen molar-refractivity contribution < 1.29 is 15.0 Å². The average Bonchev–Trinajstić information content (AvgIpc) is 2.79. The molecule has 0 bridgehead atoms. The molecular weight excluding hydrogens is 478 g/mol. The van der Waals surface area contributed by atoms with Crippen LogP contribution >= 0.6 is 23.5 Å². The lowest BCUT2D eigenvalue weighted by Gasteiger charge is -2.30. The molecule has 1 aliphatic carbocycles. The first-order valence-corrected chi connectivity index (χ1v) is 13.4. The van der Waals surface area contributed by atoms with Crippen molar-refractivity contribution in [2.75, 3.05) is 29.6 Å². The highest BCUT2D eigenvalue weighted by Gasteiger charge is 2.26. The van der Waals surface area contributed by atoms with Gasteiger partial charge in [-0.1, -0.05) is 44.2 Å². The number of allylic oxidation sites excluding steroid dienone is 5. The second-order valence-electron chi connectivity index (χ2n) is 9.54. The van der Waals surface area contributed by atoms with Crippen LogP contribution in [0, 0.1) is 28.1 Å². The fourth-order valence-corrected chi connectivity index (χ4v) is 6.09. The van der Waals surface area contributed by atoms with E-state index >= 15 is 0 Å². The van der Waals surface area contributed by atoms with Gasteiger partial charge in [-0.05, 0) is 60.9 Å². The van der Waals surface area contributed by atoms with E-state index in [0.29, 0.717) is 30.2 Å². The Hall–Kier alpha value is -2.65. The molecule has 1 amide bonds. The Morgan fingerprint density at radius 1 is 1.11 bits per heavy atom. The number of thioether (sulfide) groups is 2. The van der Waals surface area contributed by atoms with Crippen molar-refractivity contribution in [3.05, 3.63) is 58.7 Å². The van der Waals surface area contributed by atoms with Gasteiger partial charge in [-0.15, -0.1) is 23.5 Å².